The fourth-order valence-electron chi connectivity index (χ4n) is 1.82. The molecule has 1 aromatic rings. The normalized spacial score (nSPS) is 16.6. The third-order valence-corrected chi connectivity index (χ3v) is 2.79. The zero-order valence-electron chi connectivity index (χ0n) is 8.90. The maximum atomic E-state index is 8.74. The van der Waals surface area contributed by atoms with E-state index >= 15 is 0 Å². The molecule has 0 spiro atoms. The average Bonchev–Trinajstić information content (AvgIpc) is 2.52. The average molecular weight is 237 g/mol. The first-order chi connectivity index (χ1) is 7.81. The Morgan fingerprint density at radius 2 is 2.31 bits per heavy atom. The Morgan fingerprint density at radius 3 is 3.12 bits per heavy atom. The van der Waals surface area contributed by atoms with Gasteiger partial charge in [-0.15, -0.1) is 11.6 Å². The Hall–Kier alpha value is -1.40. The van der Waals surface area contributed by atoms with Crippen molar-refractivity contribution in [2.75, 3.05) is 24.6 Å². The van der Waals surface area contributed by atoms with Gasteiger partial charge in [0.2, 0.25) is 0 Å². The molecule has 1 aromatic carbocycles. The van der Waals surface area contributed by atoms with E-state index in [9.17, 15) is 0 Å². The van der Waals surface area contributed by atoms with Crippen LogP contribution in [0.25, 0.3) is 0 Å². The molecule has 0 N–H and O–H groups in total. The van der Waals surface area contributed by atoms with Crippen LogP contribution in [-0.2, 0) is 0 Å². The van der Waals surface area contributed by atoms with Crippen LogP contribution < -0.4 is 9.64 Å². The molecule has 4 heteroatoms. The lowest BCUT2D eigenvalue weighted by molar-refractivity contribution is 0.322. The molecule has 16 heavy (non-hydrogen) atoms. The monoisotopic (exact) mass is 236 g/mol. The number of para-hydroxylation sites is 2. The summed E-state index contributed by atoms with van der Waals surface area (Å²) in [5.74, 6) is 0.877. The minimum Gasteiger partial charge on any atom is -0.491 e. The molecule has 0 radical (unpaired) electrons. The quantitative estimate of drug-likeness (QED) is 0.740. The lowest BCUT2D eigenvalue weighted by Crippen LogP contribution is -2.29. The van der Waals surface area contributed by atoms with Gasteiger partial charge in [0.25, 0.3) is 0 Å². The van der Waals surface area contributed by atoms with Crippen molar-refractivity contribution in [3.63, 3.8) is 0 Å². The van der Waals surface area contributed by atoms with Gasteiger partial charge in [-0.3, -0.25) is 0 Å². The molecule has 1 unspecified atom stereocenters. The molecule has 0 saturated heterocycles. The van der Waals surface area contributed by atoms with Gasteiger partial charge in [0, 0.05) is 13.1 Å². The van der Waals surface area contributed by atoms with E-state index < -0.39 is 5.38 Å². The minimum absolute atomic E-state index is 0.480. The van der Waals surface area contributed by atoms with Crippen LogP contribution in [0.1, 0.15) is 6.42 Å². The van der Waals surface area contributed by atoms with Crippen LogP contribution >= 0.6 is 11.6 Å². The Balaban J connectivity index is 2.23. The summed E-state index contributed by atoms with van der Waals surface area (Å²) in [4.78, 5) is 2.11. The standard InChI is InChI=1S/C12H13ClN2O/c13-10(8-14)9-15-6-3-7-16-12-5-2-1-4-11(12)15/h1-2,4-5,10H,3,6-7,9H2. The van der Waals surface area contributed by atoms with E-state index in [2.05, 4.69) is 4.90 Å². The number of anilines is 1. The highest BCUT2D eigenvalue weighted by molar-refractivity contribution is 6.22. The Bertz CT molecular complexity index is 402. The summed E-state index contributed by atoms with van der Waals surface area (Å²) in [6, 6.07) is 9.91. The van der Waals surface area contributed by atoms with Crippen molar-refractivity contribution in [1.29, 1.82) is 5.26 Å². The maximum Gasteiger partial charge on any atom is 0.142 e. The maximum absolute atomic E-state index is 8.74. The zero-order valence-corrected chi connectivity index (χ0v) is 9.65. The number of fused-ring (bicyclic) bond motifs is 1. The molecule has 0 aromatic heterocycles. The Morgan fingerprint density at radius 1 is 1.50 bits per heavy atom. The number of halogens is 1. The molecule has 1 heterocycles. The van der Waals surface area contributed by atoms with Crippen molar-refractivity contribution >= 4 is 17.3 Å². The minimum atomic E-state index is -0.480. The van der Waals surface area contributed by atoms with Gasteiger partial charge in [-0.1, -0.05) is 12.1 Å². The van der Waals surface area contributed by atoms with Gasteiger partial charge in [0.05, 0.1) is 18.4 Å². The number of benzene rings is 1. The van der Waals surface area contributed by atoms with E-state index in [1.54, 1.807) is 0 Å². The first kappa shape index (κ1) is 11.1. The number of rotatable bonds is 2. The van der Waals surface area contributed by atoms with Crippen LogP contribution in [0, 0.1) is 11.3 Å². The first-order valence-electron chi connectivity index (χ1n) is 5.31. The second-order valence-corrected chi connectivity index (χ2v) is 4.24. The molecule has 1 atom stereocenters. The van der Waals surface area contributed by atoms with Gasteiger partial charge >= 0.3 is 0 Å². The molecule has 1 aliphatic rings. The van der Waals surface area contributed by atoms with Gasteiger partial charge in [-0.05, 0) is 18.6 Å². The summed E-state index contributed by atoms with van der Waals surface area (Å²) >= 11 is 5.87. The summed E-state index contributed by atoms with van der Waals surface area (Å²) in [7, 11) is 0. The number of hydrogen-bond acceptors (Lipinski definition) is 3. The van der Waals surface area contributed by atoms with Crippen LogP contribution in [0.5, 0.6) is 5.75 Å². The van der Waals surface area contributed by atoms with Gasteiger partial charge in [0.1, 0.15) is 11.1 Å². The highest BCUT2D eigenvalue weighted by Crippen LogP contribution is 2.30. The Labute approximate surface area is 100 Å². The van der Waals surface area contributed by atoms with Gasteiger partial charge in [-0.2, -0.15) is 5.26 Å². The Kier molecular flexibility index (Phi) is 3.53. The molecule has 84 valence electrons. The summed E-state index contributed by atoms with van der Waals surface area (Å²) in [6.07, 6.45) is 0.948. The highest BCUT2D eigenvalue weighted by atomic mass is 35.5. The van der Waals surface area contributed by atoms with Gasteiger partial charge in [-0.25, -0.2) is 0 Å². The third-order valence-electron chi connectivity index (χ3n) is 2.56. The summed E-state index contributed by atoms with van der Waals surface area (Å²) in [6.45, 7) is 2.13. The van der Waals surface area contributed by atoms with E-state index in [0.717, 1.165) is 24.4 Å². The molecular weight excluding hydrogens is 224 g/mol. The van der Waals surface area contributed by atoms with Gasteiger partial charge in [0.15, 0.2) is 0 Å². The molecular formula is C12H13ClN2O. The van der Waals surface area contributed by atoms with Gasteiger partial charge < -0.3 is 9.64 Å². The fourth-order valence-corrected chi connectivity index (χ4v) is 1.99. The smallest absolute Gasteiger partial charge is 0.142 e. The van der Waals surface area contributed by atoms with E-state index in [1.165, 1.54) is 0 Å². The SMILES string of the molecule is N#CC(Cl)CN1CCCOc2ccccc21. The molecule has 3 nitrogen and oxygen atoms in total. The van der Waals surface area contributed by atoms with E-state index in [1.807, 2.05) is 30.3 Å². The third kappa shape index (κ3) is 2.40. The lowest BCUT2D eigenvalue weighted by Gasteiger charge is -2.23. The van der Waals surface area contributed by atoms with Crippen molar-refractivity contribution in [1.82, 2.24) is 0 Å². The summed E-state index contributed by atoms with van der Waals surface area (Å²) < 4.78 is 5.63. The second-order valence-electron chi connectivity index (χ2n) is 3.71. The molecule has 0 saturated carbocycles. The van der Waals surface area contributed by atoms with Crippen molar-refractivity contribution < 1.29 is 4.74 Å². The van der Waals surface area contributed by atoms with Crippen LogP contribution in [0.15, 0.2) is 24.3 Å². The van der Waals surface area contributed by atoms with E-state index in [4.69, 9.17) is 21.6 Å². The lowest BCUT2D eigenvalue weighted by atomic mass is 10.2. The molecule has 0 fully saturated rings. The largest absolute Gasteiger partial charge is 0.491 e. The van der Waals surface area contributed by atoms with Crippen molar-refractivity contribution in [3.8, 4) is 11.8 Å². The molecule has 0 bridgehead atoms. The highest BCUT2D eigenvalue weighted by Gasteiger charge is 2.18. The number of hydrogen-bond donors (Lipinski definition) is 0. The molecule has 0 aliphatic carbocycles. The van der Waals surface area contributed by atoms with Crippen LogP contribution in [0.2, 0.25) is 0 Å². The zero-order chi connectivity index (χ0) is 11.4. The molecule has 2 rings (SSSR count). The first-order valence-corrected chi connectivity index (χ1v) is 5.75. The van der Waals surface area contributed by atoms with Crippen LogP contribution in [0.4, 0.5) is 5.69 Å². The number of alkyl halides is 1. The summed E-state index contributed by atoms with van der Waals surface area (Å²) in [5, 5.41) is 8.26. The number of ether oxygens (including phenoxy) is 1. The van der Waals surface area contributed by atoms with E-state index in [0.29, 0.717) is 13.2 Å². The molecule has 0 amide bonds. The fraction of sp³-hybridized carbons (Fsp3) is 0.417. The topological polar surface area (TPSA) is 36.3 Å². The van der Waals surface area contributed by atoms with Crippen molar-refractivity contribution in [3.05, 3.63) is 24.3 Å². The van der Waals surface area contributed by atoms with E-state index in [-0.39, 0.29) is 0 Å². The van der Waals surface area contributed by atoms with Crippen LogP contribution in [-0.4, -0.2) is 25.1 Å². The van der Waals surface area contributed by atoms with Crippen molar-refractivity contribution in [2.24, 2.45) is 0 Å². The number of nitrogens with zero attached hydrogens (tertiary/aromatic N) is 2. The second kappa shape index (κ2) is 5.09. The number of nitriles is 1. The summed E-state index contributed by atoms with van der Waals surface area (Å²) in [5.41, 5.74) is 1.03. The van der Waals surface area contributed by atoms with Crippen LogP contribution in [0.3, 0.4) is 0 Å². The predicted octanol–water partition coefficient (Wildman–Crippen LogP) is 2.41. The van der Waals surface area contributed by atoms with Crippen molar-refractivity contribution in [2.45, 2.75) is 11.8 Å². The molecule has 1 aliphatic heterocycles. The predicted molar refractivity (Wildman–Crippen MR) is 64.0 cm³/mol.